The van der Waals surface area contributed by atoms with Gasteiger partial charge in [0.15, 0.2) is 0 Å². The summed E-state index contributed by atoms with van der Waals surface area (Å²) in [6, 6.07) is 9.05. The van der Waals surface area contributed by atoms with Crippen LogP contribution in [0.25, 0.3) is 0 Å². The minimum Gasteiger partial charge on any atom is -0.267 e. The molecule has 1 aromatic rings. The maximum absolute atomic E-state index is 11.3. The van der Waals surface area contributed by atoms with Crippen LogP contribution < -0.4 is 0 Å². The van der Waals surface area contributed by atoms with Crippen molar-refractivity contribution < 1.29 is 4.79 Å². The van der Waals surface area contributed by atoms with E-state index in [1.807, 2.05) is 32.0 Å². The molecule has 2 nitrogen and oxygen atoms in total. The molecule has 0 aliphatic carbocycles. The summed E-state index contributed by atoms with van der Waals surface area (Å²) in [5.74, 6) is -0.171. The molecule has 0 atom stereocenters. The summed E-state index contributed by atoms with van der Waals surface area (Å²) in [5, 5.41) is 0. The lowest BCUT2D eigenvalue weighted by atomic mass is 10.2. The second kappa shape index (κ2) is 12.6. The molecule has 1 rings (SSSR count). The lowest BCUT2D eigenvalue weighted by molar-refractivity contribution is 0.100. The van der Waals surface area contributed by atoms with Crippen LogP contribution in [-0.4, -0.2) is 11.6 Å². The molecule has 1 amide bonds. The molecule has 0 radical (unpaired) electrons. The number of benzene rings is 1. The standard InChI is InChI=1S/C10H11NO.C3H8.C2H6/c1-8(2)11-10(12)9-6-4-3-5-7-9;1-3-2;1-2/h3-7H,1-2H3;3H2,1-2H3;1-2H3. The van der Waals surface area contributed by atoms with Crippen molar-refractivity contribution in [3.05, 3.63) is 35.9 Å². The van der Waals surface area contributed by atoms with Crippen molar-refractivity contribution in [2.24, 2.45) is 4.99 Å². The van der Waals surface area contributed by atoms with Gasteiger partial charge in [0, 0.05) is 11.3 Å². The Morgan fingerprint density at radius 1 is 1.06 bits per heavy atom. The molecule has 0 spiro atoms. The average molecular weight is 235 g/mol. The molecule has 96 valence electrons. The molecule has 1 aromatic carbocycles. The van der Waals surface area contributed by atoms with Gasteiger partial charge < -0.3 is 0 Å². The monoisotopic (exact) mass is 235 g/mol. The third-order valence-electron chi connectivity index (χ3n) is 1.35. The molecule has 0 aliphatic heterocycles. The number of hydrogen-bond acceptors (Lipinski definition) is 1. The van der Waals surface area contributed by atoms with Crippen LogP contribution in [0.2, 0.25) is 0 Å². The van der Waals surface area contributed by atoms with Gasteiger partial charge in [-0.3, -0.25) is 4.79 Å². The summed E-state index contributed by atoms with van der Waals surface area (Å²) in [6.45, 7) is 11.9. The van der Waals surface area contributed by atoms with Gasteiger partial charge in [0.05, 0.1) is 0 Å². The highest BCUT2D eigenvalue weighted by Gasteiger charge is 2.00. The molecule has 0 N–H and O–H groups in total. The average Bonchev–Trinajstić information content (AvgIpc) is 2.33. The Hall–Kier alpha value is -1.44. The van der Waals surface area contributed by atoms with Crippen LogP contribution in [-0.2, 0) is 0 Å². The zero-order valence-corrected chi connectivity index (χ0v) is 11.9. The minimum atomic E-state index is -0.171. The molecule has 0 fully saturated rings. The van der Waals surface area contributed by atoms with E-state index in [1.165, 1.54) is 6.42 Å². The van der Waals surface area contributed by atoms with E-state index < -0.39 is 0 Å². The Labute approximate surface area is 106 Å². The largest absolute Gasteiger partial charge is 0.276 e. The zero-order valence-electron chi connectivity index (χ0n) is 11.9. The first-order valence-corrected chi connectivity index (χ1v) is 6.23. The van der Waals surface area contributed by atoms with Crippen LogP contribution >= 0.6 is 0 Å². The molecular weight excluding hydrogens is 210 g/mol. The van der Waals surface area contributed by atoms with Gasteiger partial charge >= 0.3 is 0 Å². The van der Waals surface area contributed by atoms with Gasteiger partial charge in [0.25, 0.3) is 5.91 Å². The molecule has 0 aromatic heterocycles. The Morgan fingerprint density at radius 2 is 1.47 bits per heavy atom. The summed E-state index contributed by atoms with van der Waals surface area (Å²) in [7, 11) is 0. The van der Waals surface area contributed by atoms with Crippen LogP contribution in [0.1, 0.15) is 58.3 Å². The summed E-state index contributed by atoms with van der Waals surface area (Å²) < 4.78 is 0. The Balaban J connectivity index is 0. The molecule has 0 saturated heterocycles. The van der Waals surface area contributed by atoms with E-state index in [0.29, 0.717) is 5.56 Å². The van der Waals surface area contributed by atoms with Gasteiger partial charge in [-0.2, -0.15) is 0 Å². The molecule has 0 bridgehead atoms. The highest BCUT2D eigenvalue weighted by molar-refractivity contribution is 6.02. The summed E-state index contributed by atoms with van der Waals surface area (Å²) >= 11 is 0. The molecule has 17 heavy (non-hydrogen) atoms. The van der Waals surface area contributed by atoms with Crippen LogP contribution in [0.5, 0.6) is 0 Å². The van der Waals surface area contributed by atoms with Gasteiger partial charge in [-0.05, 0) is 26.0 Å². The first kappa shape index (κ1) is 17.9. The van der Waals surface area contributed by atoms with Crippen LogP contribution in [0.15, 0.2) is 35.3 Å². The molecule has 0 heterocycles. The molecule has 0 saturated carbocycles. The second-order valence-corrected chi connectivity index (χ2v) is 3.44. The SMILES string of the molecule is CC.CC(C)=NC(=O)c1ccccc1.CCC. The van der Waals surface area contributed by atoms with E-state index in [4.69, 9.17) is 0 Å². The van der Waals surface area contributed by atoms with Gasteiger partial charge in [-0.25, -0.2) is 4.99 Å². The van der Waals surface area contributed by atoms with E-state index in [2.05, 4.69) is 18.8 Å². The maximum atomic E-state index is 11.3. The molecular formula is C15H25NO. The predicted molar refractivity (Wildman–Crippen MR) is 76.9 cm³/mol. The van der Waals surface area contributed by atoms with Crippen molar-refractivity contribution in [3.63, 3.8) is 0 Å². The summed E-state index contributed by atoms with van der Waals surface area (Å²) in [4.78, 5) is 15.1. The Kier molecular flexibility index (Phi) is 13.3. The van der Waals surface area contributed by atoms with Gasteiger partial charge in [-0.1, -0.05) is 52.3 Å². The zero-order chi connectivity index (χ0) is 13.7. The number of carbonyl (C=O) groups is 1. The highest BCUT2D eigenvalue weighted by atomic mass is 16.1. The van der Waals surface area contributed by atoms with Crippen LogP contribution in [0.4, 0.5) is 0 Å². The summed E-state index contributed by atoms with van der Waals surface area (Å²) in [5.41, 5.74) is 1.42. The number of nitrogens with zero attached hydrogens (tertiary/aromatic N) is 1. The third kappa shape index (κ3) is 10.8. The maximum Gasteiger partial charge on any atom is 0.276 e. The van der Waals surface area contributed by atoms with Crippen molar-refractivity contribution in [2.45, 2.75) is 48.0 Å². The van der Waals surface area contributed by atoms with Gasteiger partial charge in [0.2, 0.25) is 0 Å². The highest BCUT2D eigenvalue weighted by Crippen LogP contribution is 2.00. The normalized spacial score (nSPS) is 7.88. The fraction of sp³-hybridized carbons (Fsp3) is 0.467. The van der Waals surface area contributed by atoms with E-state index in [1.54, 1.807) is 26.0 Å². The van der Waals surface area contributed by atoms with Crippen molar-refractivity contribution >= 4 is 11.6 Å². The van der Waals surface area contributed by atoms with Crippen molar-refractivity contribution in [3.8, 4) is 0 Å². The fourth-order valence-corrected chi connectivity index (χ4v) is 0.848. The molecule has 0 unspecified atom stereocenters. The van der Waals surface area contributed by atoms with Crippen molar-refractivity contribution in [2.75, 3.05) is 0 Å². The second-order valence-electron chi connectivity index (χ2n) is 3.44. The van der Waals surface area contributed by atoms with Crippen molar-refractivity contribution in [1.82, 2.24) is 0 Å². The topological polar surface area (TPSA) is 29.4 Å². The number of rotatable bonds is 1. The Bertz CT molecular complexity index is 311. The smallest absolute Gasteiger partial charge is 0.267 e. The van der Waals surface area contributed by atoms with Crippen LogP contribution in [0.3, 0.4) is 0 Å². The number of amides is 1. The predicted octanol–water partition coefficient (Wildman–Crippen LogP) is 4.75. The van der Waals surface area contributed by atoms with Crippen molar-refractivity contribution in [1.29, 1.82) is 0 Å². The van der Waals surface area contributed by atoms with Crippen LogP contribution in [0, 0.1) is 0 Å². The lowest BCUT2D eigenvalue weighted by Crippen LogP contribution is -1.96. The number of hydrogen-bond donors (Lipinski definition) is 0. The number of aliphatic imine (C=N–C) groups is 1. The first-order valence-electron chi connectivity index (χ1n) is 6.23. The third-order valence-corrected chi connectivity index (χ3v) is 1.35. The Morgan fingerprint density at radius 3 is 1.82 bits per heavy atom. The lowest BCUT2D eigenvalue weighted by Gasteiger charge is -1.93. The van der Waals surface area contributed by atoms with E-state index in [-0.39, 0.29) is 5.91 Å². The van der Waals surface area contributed by atoms with Gasteiger partial charge in [-0.15, -0.1) is 0 Å². The molecule has 0 aliphatic rings. The van der Waals surface area contributed by atoms with Gasteiger partial charge in [0.1, 0.15) is 0 Å². The molecule has 2 heteroatoms. The summed E-state index contributed by atoms with van der Waals surface area (Å²) in [6.07, 6.45) is 1.25. The fourth-order valence-electron chi connectivity index (χ4n) is 0.848. The quantitative estimate of drug-likeness (QED) is 0.646. The first-order chi connectivity index (χ1) is 8.11. The van der Waals surface area contributed by atoms with E-state index in [0.717, 1.165) is 5.71 Å². The van der Waals surface area contributed by atoms with E-state index in [9.17, 15) is 4.79 Å². The van der Waals surface area contributed by atoms with E-state index >= 15 is 0 Å². The number of carbonyl (C=O) groups excluding carboxylic acids is 1. The minimum absolute atomic E-state index is 0.171.